The Labute approximate surface area is 183 Å². The fraction of sp³-hybridized carbons (Fsp3) is 0.619. The first-order valence-corrected chi connectivity index (χ1v) is 12.0. The van der Waals surface area contributed by atoms with Gasteiger partial charge in [0.05, 0.1) is 31.1 Å². The second-order valence-corrected chi connectivity index (χ2v) is 9.84. The number of carbonyl (C=O) groups excluding carboxylic acids is 2. The number of fused-ring (bicyclic) bond motifs is 1. The van der Waals surface area contributed by atoms with Crippen molar-refractivity contribution < 1.29 is 32.2 Å². The van der Waals surface area contributed by atoms with Gasteiger partial charge in [0.15, 0.2) is 11.5 Å². The Bertz CT molecular complexity index is 908. The van der Waals surface area contributed by atoms with Crippen molar-refractivity contribution in [2.45, 2.75) is 44.0 Å². The Balaban J connectivity index is 1.73. The van der Waals surface area contributed by atoms with Gasteiger partial charge in [0.1, 0.15) is 6.04 Å². The van der Waals surface area contributed by atoms with Crippen molar-refractivity contribution >= 4 is 21.9 Å². The van der Waals surface area contributed by atoms with Crippen molar-refractivity contribution in [3.05, 3.63) is 18.2 Å². The lowest BCUT2D eigenvalue weighted by Gasteiger charge is -2.34. The molecular formula is C21H30N2O7S. The summed E-state index contributed by atoms with van der Waals surface area (Å²) < 4.78 is 44.6. The highest BCUT2D eigenvalue weighted by Gasteiger charge is 2.35. The number of likely N-dealkylation sites (tertiary alicyclic amines) is 1. The first-order valence-electron chi connectivity index (χ1n) is 10.5. The fourth-order valence-corrected chi connectivity index (χ4v) is 5.07. The average Bonchev–Trinajstić information content (AvgIpc) is 3.01. The van der Waals surface area contributed by atoms with Crippen LogP contribution >= 0.6 is 0 Å². The zero-order valence-corrected chi connectivity index (χ0v) is 18.9. The standard InChI is InChI=1S/C21H30N2O7S/c1-14(2)19(20(24)23-9-7-15(8-10-23)21(25)28-3)22-31(26,27)16-5-6-17-18(13-16)30-12-4-11-29-17/h5-6,13-15,19,22H,4,7-12H2,1-3H3. The Morgan fingerprint density at radius 3 is 2.39 bits per heavy atom. The van der Waals surface area contributed by atoms with Gasteiger partial charge in [0.2, 0.25) is 15.9 Å². The normalized spacial score (nSPS) is 18.4. The number of ether oxygens (including phenoxy) is 3. The summed E-state index contributed by atoms with van der Waals surface area (Å²) in [4.78, 5) is 26.5. The van der Waals surface area contributed by atoms with E-state index in [4.69, 9.17) is 14.2 Å². The van der Waals surface area contributed by atoms with E-state index in [0.29, 0.717) is 57.1 Å². The molecular weight excluding hydrogens is 424 g/mol. The van der Waals surface area contributed by atoms with Gasteiger partial charge in [-0.1, -0.05) is 13.8 Å². The number of esters is 1. The summed E-state index contributed by atoms with van der Waals surface area (Å²) in [6.45, 7) is 5.30. The molecule has 2 heterocycles. The minimum Gasteiger partial charge on any atom is -0.490 e. The van der Waals surface area contributed by atoms with Crippen molar-refractivity contribution in [2.75, 3.05) is 33.4 Å². The molecule has 1 aromatic carbocycles. The lowest BCUT2D eigenvalue weighted by molar-refractivity contribution is -0.149. The molecule has 31 heavy (non-hydrogen) atoms. The highest BCUT2D eigenvalue weighted by molar-refractivity contribution is 7.89. The second kappa shape index (κ2) is 9.86. The Hall–Kier alpha value is -2.33. The highest BCUT2D eigenvalue weighted by Crippen LogP contribution is 2.32. The molecule has 0 radical (unpaired) electrons. The Morgan fingerprint density at radius 2 is 1.77 bits per heavy atom. The molecule has 0 bridgehead atoms. The van der Waals surface area contributed by atoms with Gasteiger partial charge in [-0.3, -0.25) is 9.59 Å². The van der Waals surface area contributed by atoms with Crippen molar-refractivity contribution in [1.29, 1.82) is 0 Å². The maximum absolute atomic E-state index is 13.1. The Kier molecular flexibility index (Phi) is 7.42. The van der Waals surface area contributed by atoms with E-state index in [9.17, 15) is 18.0 Å². The van der Waals surface area contributed by atoms with E-state index >= 15 is 0 Å². The molecule has 0 saturated carbocycles. The number of nitrogens with zero attached hydrogens (tertiary/aromatic N) is 1. The van der Waals surface area contributed by atoms with Crippen LogP contribution in [0.1, 0.15) is 33.1 Å². The first-order chi connectivity index (χ1) is 14.7. The van der Waals surface area contributed by atoms with Gasteiger partial charge in [0.25, 0.3) is 0 Å². The van der Waals surface area contributed by atoms with Crippen LogP contribution < -0.4 is 14.2 Å². The molecule has 1 aromatic rings. The van der Waals surface area contributed by atoms with E-state index in [-0.39, 0.29) is 28.6 Å². The summed E-state index contributed by atoms with van der Waals surface area (Å²) in [7, 11) is -2.62. The van der Waals surface area contributed by atoms with Crippen LogP contribution in [0.4, 0.5) is 0 Å². The summed E-state index contributed by atoms with van der Waals surface area (Å²) in [5, 5.41) is 0. The second-order valence-electron chi connectivity index (χ2n) is 8.12. The summed E-state index contributed by atoms with van der Waals surface area (Å²) >= 11 is 0. The van der Waals surface area contributed by atoms with Crippen molar-refractivity contribution in [1.82, 2.24) is 9.62 Å². The number of hydrogen-bond donors (Lipinski definition) is 1. The number of piperidine rings is 1. The highest BCUT2D eigenvalue weighted by atomic mass is 32.2. The van der Waals surface area contributed by atoms with Crippen LogP contribution in [0.2, 0.25) is 0 Å². The minimum atomic E-state index is -3.97. The molecule has 1 amide bonds. The number of amides is 1. The van der Waals surface area contributed by atoms with E-state index < -0.39 is 16.1 Å². The molecule has 0 spiro atoms. The quantitative estimate of drug-likeness (QED) is 0.650. The average molecular weight is 455 g/mol. The zero-order chi connectivity index (χ0) is 22.6. The van der Waals surface area contributed by atoms with Gasteiger partial charge in [-0.15, -0.1) is 0 Å². The molecule has 1 unspecified atom stereocenters. The van der Waals surface area contributed by atoms with Gasteiger partial charge >= 0.3 is 5.97 Å². The van der Waals surface area contributed by atoms with E-state index in [1.54, 1.807) is 24.8 Å². The van der Waals surface area contributed by atoms with Gasteiger partial charge in [-0.25, -0.2) is 8.42 Å². The summed E-state index contributed by atoms with van der Waals surface area (Å²) in [6, 6.07) is 3.52. The third-order valence-electron chi connectivity index (χ3n) is 5.59. The number of methoxy groups -OCH3 is 1. The molecule has 1 fully saturated rings. The largest absolute Gasteiger partial charge is 0.490 e. The third kappa shape index (κ3) is 5.48. The monoisotopic (exact) mass is 454 g/mol. The summed E-state index contributed by atoms with van der Waals surface area (Å²) in [5.41, 5.74) is 0. The number of carbonyl (C=O) groups is 2. The van der Waals surface area contributed by atoms with Crippen molar-refractivity contribution in [3.8, 4) is 11.5 Å². The molecule has 10 heteroatoms. The molecule has 1 atom stereocenters. The number of hydrogen-bond acceptors (Lipinski definition) is 7. The molecule has 0 aromatic heterocycles. The number of sulfonamides is 1. The SMILES string of the molecule is COC(=O)C1CCN(C(=O)C(NS(=O)(=O)c2ccc3c(c2)OCCCO3)C(C)C)CC1. The van der Waals surface area contributed by atoms with E-state index in [1.807, 2.05) is 0 Å². The smallest absolute Gasteiger partial charge is 0.308 e. The maximum atomic E-state index is 13.1. The fourth-order valence-electron chi connectivity index (χ4n) is 3.72. The van der Waals surface area contributed by atoms with E-state index in [1.165, 1.54) is 19.2 Å². The lowest BCUT2D eigenvalue weighted by atomic mass is 9.95. The maximum Gasteiger partial charge on any atom is 0.308 e. The molecule has 3 rings (SSSR count). The Morgan fingerprint density at radius 1 is 1.13 bits per heavy atom. The molecule has 172 valence electrons. The summed E-state index contributed by atoms with van der Waals surface area (Å²) in [5.74, 6) is -0.191. The van der Waals surface area contributed by atoms with Crippen LogP contribution in [-0.4, -0.2) is 64.6 Å². The van der Waals surface area contributed by atoms with Crippen LogP contribution in [-0.2, 0) is 24.3 Å². The van der Waals surface area contributed by atoms with Crippen LogP contribution in [0.5, 0.6) is 11.5 Å². The van der Waals surface area contributed by atoms with Crippen LogP contribution in [0, 0.1) is 11.8 Å². The topological polar surface area (TPSA) is 111 Å². The minimum absolute atomic E-state index is 0.0135. The van der Waals surface area contributed by atoms with Gasteiger partial charge in [-0.2, -0.15) is 4.72 Å². The molecule has 1 N–H and O–H groups in total. The molecule has 1 saturated heterocycles. The van der Waals surface area contributed by atoms with Crippen LogP contribution in [0.3, 0.4) is 0 Å². The lowest BCUT2D eigenvalue weighted by Crippen LogP contribution is -2.53. The number of nitrogens with one attached hydrogen (secondary N) is 1. The van der Waals surface area contributed by atoms with Crippen molar-refractivity contribution in [3.63, 3.8) is 0 Å². The first kappa shape index (κ1) is 23.3. The molecule has 2 aliphatic rings. The van der Waals surface area contributed by atoms with E-state index in [2.05, 4.69) is 4.72 Å². The molecule has 9 nitrogen and oxygen atoms in total. The number of benzene rings is 1. The van der Waals surface area contributed by atoms with Crippen LogP contribution in [0.25, 0.3) is 0 Å². The number of rotatable bonds is 6. The predicted molar refractivity (Wildman–Crippen MR) is 112 cm³/mol. The van der Waals surface area contributed by atoms with Gasteiger partial charge < -0.3 is 19.1 Å². The third-order valence-corrected chi connectivity index (χ3v) is 7.02. The predicted octanol–water partition coefficient (Wildman–Crippen LogP) is 1.56. The summed E-state index contributed by atoms with van der Waals surface area (Å²) in [6.07, 6.45) is 1.71. The molecule has 0 aliphatic carbocycles. The van der Waals surface area contributed by atoms with Gasteiger partial charge in [0, 0.05) is 25.6 Å². The van der Waals surface area contributed by atoms with Gasteiger partial charge in [-0.05, 0) is 30.9 Å². The van der Waals surface area contributed by atoms with Crippen molar-refractivity contribution in [2.24, 2.45) is 11.8 Å². The van der Waals surface area contributed by atoms with Crippen LogP contribution in [0.15, 0.2) is 23.1 Å². The molecule has 2 aliphatic heterocycles. The van der Waals surface area contributed by atoms with E-state index in [0.717, 1.165) is 0 Å². The zero-order valence-electron chi connectivity index (χ0n) is 18.1.